The zero-order chi connectivity index (χ0) is 13.0. The molecule has 0 fully saturated rings. The van der Waals surface area contributed by atoms with Gasteiger partial charge in [-0.15, -0.1) is 11.8 Å². The minimum Gasteiger partial charge on any atom is -0.326 e. The van der Waals surface area contributed by atoms with Crippen molar-refractivity contribution in [2.24, 2.45) is 5.73 Å². The fourth-order valence-electron chi connectivity index (χ4n) is 1.62. The van der Waals surface area contributed by atoms with E-state index in [0.29, 0.717) is 6.54 Å². The largest absolute Gasteiger partial charge is 0.326 e. The molecule has 0 bridgehead atoms. The summed E-state index contributed by atoms with van der Waals surface area (Å²) < 4.78 is 14.4. The highest BCUT2D eigenvalue weighted by Gasteiger charge is 2.01. The number of halogens is 2. The van der Waals surface area contributed by atoms with E-state index in [2.05, 4.69) is 15.9 Å². The summed E-state index contributed by atoms with van der Waals surface area (Å²) in [6.07, 6.45) is 0. The van der Waals surface area contributed by atoms with Crippen LogP contribution in [0.2, 0.25) is 0 Å². The molecule has 94 valence electrons. The summed E-state index contributed by atoms with van der Waals surface area (Å²) in [5.41, 5.74) is 7.33. The Hall–Kier alpha value is -0.840. The summed E-state index contributed by atoms with van der Waals surface area (Å²) in [5.74, 6) is 0.524. The molecule has 0 unspecified atom stereocenters. The van der Waals surface area contributed by atoms with Crippen LogP contribution >= 0.6 is 27.7 Å². The van der Waals surface area contributed by atoms with Gasteiger partial charge in [-0.3, -0.25) is 0 Å². The average Bonchev–Trinajstić information content (AvgIpc) is 2.37. The van der Waals surface area contributed by atoms with Crippen LogP contribution < -0.4 is 5.73 Å². The highest BCUT2D eigenvalue weighted by molar-refractivity contribution is 9.10. The van der Waals surface area contributed by atoms with Crippen molar-refractivity contribution in [2.45, 2.75) is 17.2 Å². The summed E-state index contributed by atoms with van der Waals surface area (Å²) in [6, 6.07) is 13.1. The van der Waals surface area contributed by atoms with Gasteiger partial charge in [-0.2, -0.15) is 0 Å². The van der Waals surface area contributed by atoms with Crippen LogP contribution in [0.5, 0.6) is 0 Å². The number of nitrogens with two attached hydrogens (primary N) is 1. The van der Waals surface area contributed by atoms with Crippen molar-refractivity contribution in [2.75, 3.05) is 0 Å². The Morgan fingerprint density at radius 1 is 1.06 bits per heavy atom. The lowest BCUT2D eigenvalue weighted by Gasteiger charge is -2.05. The number of rotatable bonds is 4. The maximum absolute atomic E-state index is 13.3. The standard InChI is InChI=1S/C14H13BrFNS/c15-12-1-3-14(4-2-12)18-9-11-5-10(8-17)6-13(16)7-11/h1-7H,8-9,17H2. The van der Waals surface area contributed by atoms with Crippen molar-refractivity contribution in [1.29, 1.82) is 0 Å². The first kappa shape index (κ1) is 13.6. The van der Waals surface area contributed by atoms with Crippen LogP contribution in [-0.2, 0) is 12.3 Å². The van der Waals surface area contributed by atoms with Crippen molar-refractivity contribution in [3.05, 3.63) is 63.9 Å². The molecule has 2 rings (SSSR count). The Bertz CT molecular complexity index is 528. The summed E-state index contributed by atoms with van der Waals surface area (Å²) in [6.45, 7) is 0.369. The molecule has 0 spiro atoms. The van der Waals surface area contributed by atoms with E-state index < -0.39 is 0 Å². The molecule has 0 saturated carbocycles. The third-order valence-corrected chi connectivity index (χ3v) is 4.08. The Morgan fingerprint density at radius 3 is 2.39 bits per heavy atom. The zero-order valence-electron chi connectivity index (χ0n) is 9.70. The van der Waals surface area contributed by atoms with Gasteiger partial charge in [0.1, 0.15) is 5.82 Å². The summed E-state index contributed by atoms with van der Waals surface area (Å²) in [7, 11) is 0. The van der Waals surface area contributed by atoms with Crippen molar-refractivity contribution < 1.29 is 4.39 Å². The van der Waals surface area contributed by atoms with Gasteiger partial charge in [0.15, 0.2) is 0 Å². The second-order valence-electron chi connectivity index (χ2n) is 3.91. The first-order valence-corrected chi connectivity index (χ1v) is 7.32. The topological polar surface area (TPSA) is 26.0 Å². The van der Waals surface area contributed by atoms with E-state index in [9.17, 15) is 4.39 Å². The van der Waals surface area contributed by atoms with E-state index in [1.54, 1.807) is 17.8 Å². The van der Waals surface area contributed by atoms with Crippen LogP contribution in [0.1, 0.15) is 11.1 Å². The molecule has 4 heteroatoms. The second kappa shape index (κ2) is 6.36. The van der Waals surface area contributed by atoms with Crippen LogP contribution in [0.3, 0.4) is 0 Å². The van der Waals surface area contributed by atoms with Gasteiger partial charge in [0.25, 0.3) is 0 Å². The van der Waals surface area contributed by atoms with Gasteiger partial charge in [-0.05, 0) is 47.5 Å². The highest BCUT2D eigenvalue weighted by atomic mass is 79.9. The van der Waals surface area contributed by atoms with Gasteiger partial charge in [-0.1, -0.05) is 22.0 Å². The third-order valence-electron chi connectivity index (χ3n) is 2.47. The molecule has 0 amide bonds. The Balaban J connectivity index is 2.05. The molecule has 2 N–H and O–H groups in total. The molecule has 18 heavy (non-hydrogen) atoms. The lowest BCUT2D eigenvalue weighted by Crippen LogP contribution is -1.98. The first-order valence-electron chi connectivity index (χ1n) is 5.54. The van der Waals surface area contributed by atoms with Crippen molar-refractivity contribution in [3.8, 4) is 0 Å². The van der Waals surface area contributed by atoms with Gasteiger partial charge >= 0.3 is 0 Å². The van der Waals surface area contributed by atoms with E-state index in [4.69, 9.17) is 5.73 Å². The fraction of sp³-hybridized carbons (Fsp3) is 0.143. The number of hydrogen-bond acceptors (Lipinski definition) is 2. The summed E-state index contributed by atoms with van der Waals surface area (Å²) in [4.78, 5) is 1.16. The summed E-state index contributed by atoms with van der Waals surface area (Å²) >= 11 is 5.08. The molecule has 0 aliphatic rings. The molecule has 0 aliphatic heterocycles. The Labute approximate surface area is 119 Å². The lowest BCUT2D eigenvalue weighted by atomic mass is 10.1. The molecule has 2 aromatic rings. The average molecular weight is 326 g/mol. The maximum atomic E-state index is 13.3. The molecule has 0 aromatic heterocycles. The lowest BCUT2D eigenvalue weighted by molar-refractivity contribution is 0.624. The molecule has 0 heterocycles. The van der Waals surface area contributed by atoms with Gasteiger partial charge < -0.3 is 5.73 Å². The monoisotopic (exact) mass is 325 g/mol. The van der Waals surface area contributed by atoms with E-state index in [-0.39, 0.29) is 5.82 Å². The molecular weight excluding hydrogens is 313 g/mol. The molecular formula is C14H13BrFNS. The molecule has 1 nitrogen and oxygen atoms in total. The molecule has 0 aliphatic carbocycles. The van der Waals surface area contributed by atoms with Crippen molar-refractivity contribution in [3.63, 3.8) is 0 Å². The Morgan fingerprint density at radius 2 is 1.72 bits per heavy atom. The molecule has 2 aromatic carbocycles. The van der Waals surface area contributed by atoms with Gasteiger partial charge in [0.05, 0.1) is 0 Å². The Kier molecular flexibility index (Phi) is 4.80. The molecule has 0 atom stereocenters. The van der Waals surface area contributed by atoms with Crippen LogP contribution in [0.15, 0.2) is 51.8 Å². The number of benzene rings is 2. The predicted octanol–water partition coefficient (Wildman–Crippen LogP) is 4.34. The van der Waals surface area contributed by atoms with E-state index >= 15 is 0 Å². The number of hydrogen-bond donors (Lipinski definition) is 1. The van der Waals surface area contributed by atoms with Crippen LogP contribution in [0, 0.1) is 5.82 Å². The zero-order valence-corrected chi connectivity index (χ0v) is 12.1. The van der Waals surface area contributed by atoms with Crippen LogP contribution in [0.4, 0.5) is 4.39 Å². The van der Waals surface area contributed by atoms with Crippen molar-refractivity contribution in [1.82, 2.24) is 0 Å². The minimum absolute atomic E-state index is 0.218. The van der Waals surface area contributed by atoms with E-state index in [1.807, 2.05) is 30.3 Å². The van der Waals surface area contributed by atoms with Gasteiger partial charge in [0, 0.05) is 21.7 Å². The normalized spacial score (nSPS) is 10.6. The quantitative estimate of drug-likeness (QED) is 0.846. The maximum Gasteiger partial charge on any atom is 0.123 e. The minimum atomic E-state index is -0.218. The summed E-state index contributed by atoms with van der Waals surface area (Å²) in [5, 5.41) is 0. The van der Waals surface area contributed by atoms with Gasteiger partial charge in [0.2, 0.25) is 0 Å². The first-order chi connectivity index (χ1) is 8.67. The second-order valence-corrected chi connectivity index (χ2v) is 5.88. The van der Waals surface area contributed by atoms with E-state index in [0.717, 1.165) is 26.2 Å². The highest BCUT2D eigenvalue weighted by Crippen LogP contribution is 2.25. The third kappa shape index (κ3) is 3.83. The van der Waals surface area contributed by atoms with E-state index in [1.165, 1.54) is 6.07 Å². The van der Waals surface area contributed by atoms with Gasteiger partial charge in [-0.25, -0.2) is 4.39 Å². The van der Waals surface area contributed by atoms with Crippen LogP contribution in [0.25, 0.3) is 0 Å². The smallest absolute Gasteiger partial charge is 0.123 e. The predicted molar refractivity (Wildman–Crippen MR) is 78.0 cm³/mol. The SMILES string of the molecule is NCc1cc(F)cc(CSc2ccc(Br)cc2)c1. The fourth-order valence-corrected chi connectivity index (χ4v) is 2.71. The number of thioether (sulfide) groups is 1. The van der Waals surface area contributed by atoms with Crippen molar-refractivity contribution >= 4 is 27.7 Å². The molecule has 0 saturated heterocycles. The van der Waals surface area contributed by atoms with Crippen LogP contribution in [-0.4, -0.2) is 0 Å². The molecule has 0 radical (unpaired) electrons.